The molecule has 6 heteroatoms. The molecule has 0 bridgehead atoms. The predicted molar refractivity (Wildman–Crippen MR) is 141 cm³/mol. The molecule has 5 rings (SSSR count). The Morgan fingerprint density at radius 2 is 1.65 bits per heavy atom. The summed E-state index contributed by atoms with van der Waals surface area (Å²) < 4.78 is 17.2. The SMILES string of the molecule is CCOc1cc([C@@H]2C(C(=O)OC)=C(C)NC3=C2C(=O)c2ccccc23)ccc1OCc1ccc(C)cc1. The lowest BCUT2D eigenvalue weighted by atomic mass is 9.79. The molecule has 37 heavy (non-hydrogen) atoms. The second kappa shape index (κ2) is 9.97. The molecule has 3 aromatic rings. The quantitative estimate of drug-likeness (QED) is 0.423. The van der Waals surface area contributed by atoms with Gasteiger partial charge in [0, 0.05) is 28.3 Å². The molecule has 0 amide bonds. The zero-order chi connectivity index (χ0) is 26.1. The van der Waals surface area contributed by atoms with Crippen molar-refractivity contribution in [1.29, 1.82) is 0 Å². The molecule has 1 aliphatic carbocycles. The minimum atomic E-state index is -0.617. The molecule has 1 aliphatic heterocycles. The number of hydrogen-bond donors (Lipinski definition) is 1. The van der Waals surface area contributed by atoms with Gasteiger partial charge < -0.3 is 19.5 Å². The van der Waals surface area contributed by atoms with Crippen molar-refractivity contribution in [2.24, 2.45) is 0 Å². The molecule has 2 aliphatic rings. The van der Waals surface area contributed by atoms with E-state index in [9.17, 15) is 9.59 Å². The van der Waals surface area contributed by atoms with Gasteiger partial charge in [0.2, 0.25) is 0 Å². The maximum absolute atomic E-state index is 13.6. The van der Waals surface area contributed by atoms with Gasteiger partial charge in [-0.1, -0.05) is 60.2 Å². The van der Waals surface area contributed by atoms with Gasteiger partial charge in [-0.05, 0) is 44.0 Å². The van der Waals surface area contributed by atoms with Crippen LogP contribution in [-0.2, 0) is 16.1 Å². The third-order valence-electron chi connectivity index (χ3n) is 6.77. The number of allylic oxidation sites excluding steroid dienone is 2. The van der Waals surface area contributed by atoms with Crippen LogP contribution in [0.25, 0.3) is 5.70 Å². The van der Waals surface area contributed by atoms with Gasteiger partial charge in [-0.3, -0.25) is 4.79 Å². The molecule has 1 heterocycles. The van der Waals surface area contributed by atoms with E-state index >= 15 is 0 Å². The first-order valence-corrected chi connectivity index (χ1v) is 12.3. The number of aryl methyl sites for hydroxylation is 1. The monoisotopic (exact) mass is 495 g/mol. The number of ether oxygens (including phenoxy) is 3. The van der Waals surface area contributed by atoms with E-state index in [1.54, 1.807) is 0 Å². The fourth-order valence-electron chi connectivity index (χ4n) is 4.98. The van der Waals surface area contributed by atoms with Gasteiger partial charge in [0.15, 0.2) is 17.3 Å². The Hall–Kier alpha value is -4.32. The third kappa shape index (κ3) is 4.40. The summed E-state index contributed by atoms with van der Waals surface area (Å²) in [6, 6.07) is 21.2. The van der Waals surface area contributed by atoms with Gasteiger partial charge in [0.1, 0.15) is 6.61 Å². The fraction of sp³-hybridized carbons (Fsp3) is 0.226. The van der Waals surface area contributed by atoms with Crippen molar-refractivity contribution in [3.8, 4) is 11.5 Å². The maximum atomic E-state index is 13.6. The van der Waals surface area contributed by atoms with Crippen molar-refractivity contribution in [3.05, 3.63) is 111 Å². The van der Waals surface area contributed by atoms with Crippen LogP contribution in [0.3, 0.4) is 0 Å². The topological polar surface area (TPSA) is 73.9 Å². The van der Waals surface area contributed by atoms with Gasteiger partial charge in [-0.2, -0.15) is 0 Å². The van der Waals surface area contributed by atoms with Crippen molar-refractivity contribution in [1.82, 2.24) is 5.32 Å². The molecule has 0 saturated carbocycles. The van der Waals surface area contributed by atoms with Gasteiger partial charge in [0.25, 0.3) is 0 Å². The third-order valence-corrected chi connectivity index (χ3v) is 6.77. The number of ketones is 1. The number of nitrogens with one attached hydrogen (secondary N) is 1. The molecule has 0 spiro atoms. The summed E-state index contributed by atoms with van der Waals surface area (Å²) in [4.78, 5) is 26.6. The van der Waals surface area contributed by atoms with Crippen LogP contribution < -0.4 is 14.8 Å². The first-order valence-electron chi connectivity index (χ1n) is 12.3. The lowest BCUT2D eigenvalue weighted by molar-refractivity contribution is -0.136. The Balaban J connectivity index is 1.57. The number of rotatable bonds is 7. The number of esters is 1. The highest BCUT2D eigenvalue weighted by molar-refractivity contribution is 6.23. The van der Waals surface area contributed by atoms with Crippen molar-refractivity contribution in [2.75, 3.05) is 13.7 Å². The Morgan fingerprint density at radius 1 is 0.919 bits per heavy atom. The molecule has 188 valence electrons. The number of Topliss-reactive ketones (excluding diaryl/α,β-unsaturated/α-hetero) is 1. The lowest BCUT2D eigenvalue weighted by Gasteiger charge is -2.29. The van der Waals surface area contributed by atoms with Crippen LogP contribution >= 0.6 is 0 Å². The van der Waals surface area contributed by atoms with Gasteiger partial charge >= 0.3 is 5.97 Å². The standard InChI is InChI=1S/C31H29NO5/c1-5-36-25-16-21(14-15-24(25)37-17-20-12-10-18(2)11-13-20)27-26(31(34)35-4)19(3)32-29-22-8-6-7-9-23(22)30(33)28(27)29/h6-16,27,32H,5,17H2,1-4H3/t27-/m1/s1. The molecule has 3 aromatic carbocycles. The molecule has 1 atom stereocenters. The first-order chi connectivity index (χ1) is 17.9. The van der Waals surface area contributed by atoms with E-state index in [0.717, 1.165) is 22.4 Å². The Kier molecular flexibility index (Phi) is 6.57. The number of methoxy groups -OCH3 is 1. The van der Waals surface area contributed by atoms with Crippen LogP contribution in [0.1, 0.15) is 52.4 Å². The number of dihydropyridines is 1. The highest BCUT2D eigenvalue weighted by atomic mass is 16.5. The summed E-state index contributed by atoms with van der Waals surface area (Å²) in [5.74, 6) is -0.0557. The van der Waals surface area contributed by atoms with E-state index in [-0.39, 0.29) is 5.78 Å². The normalized spacial score (nSPS) is 16.2. The van der Waals surface area contributed by atoms with Crippen LogP contribution in [-0.4, -0.2) is 25.5 Å². The summed E-state index contributed by atoms with van der Waals surface area (Å²) >= 11 is 0. The Bertz CT molecular complexity index is 1450. The summed E-state index contributed by atoms with van der Waals surface area (Å²) in [5.41, 5.74) is 6.75. The van der Waals surface area contributed by atoms with Crippen LogP contribution in [0.4, 0.5) is 0 Å². The van der Waals surface area contributed by atoms with Crippen molar-refractivity contribution >= 4 is 17.4 Å². The molecule has 1 N–H and O–H groups in total. The van der Waals surface area contributed by atoms with Crippen LogP contribution in [0.5, 0.6) is 11.5 Å². The highest BCUT2D eigenvalue weighted by Crippen LogP contribution is 2.48. The van der Waals surface area contributed by atoms with Crippen LogP contribution in [0.2, 0.25) is 0 Å². The Morgan fingerprint density at radius 3 is 2.35 bits per heavy atom. The van der Waals surface area contributed by atoms with E-state index in [4.69, 9.17) is 14.2 Å². The summed E-state index contributed by atoms with van der Waals surface area (Å²) in [6.07, 6.45) is 0. The van der Waals surface area contributed by atoms with E-state index < -0.39 is 11.9 Å². The Labute approximate surface area is 216 Å². The zero-order valence-electron chi connectivity index (χ0n) is 21.4. The average Bonchev–Trinajstić information content (AvgIpc) is 3.19. The molecular weight excluding hydrogens is 466 g/mol. The number of benzene rings is 3. The number of carbonyl (C=O) groups excluding carboxylic acids is 2. The summed E-state index contributed by atoms with van der Waals surface area (Å²) in [6.45, 7) is 6.61. The second-order valence-corrected chi connectivity index (χ2v) is 9.17. The van der Waals surface area contributed by atoms with Gasteiger partial charge in [-0.15, -0.1) is 0 Å². The molecule has 0 saturated heterocycles. The van der Waals surface area contributed by atoms with Gasteiger partial charge in [0.05, 0.1) is 25.0 Å². The largest absolute Gasteiger partial charge is 0.490 e. The minimum Gasteiger partial charge on any atom is -0.490 e. The summed E-state index contributed by atoms with van der Waals surface area (Å²) in [5, 5.41) is 3.31. The van der Waals surface area contributed by atoms with Crippen molar-refractivity contribution < 1.29 is 23.8 Å². The highest BCUT2D eigenvalue weighted by Gasteiger charge is 2.43. The smallest absolute Gasteiger partial charge is 0.336 e. The van der Waals surface area contributed by atoms with Crippen molar-refractivity contribution in [2.45, 2.75) is 33.3 Å². The minimum absolute atomic E-state index is 0.102. The molecular formula is C31H29NO5. The number of carbonyl (C=O) groups is 2. The molecule has 0 radical (unpaired) electrons. The number of fused-ring (bicyclic) bond motifs is 2. The van der Waals surface area contributed by atoms with E-state index in [1.807, 2.05) is 87.5 Å². The molecule has 0 aromatic heterocycles. The van der Waals surface area contributed by atoms with E-state index in [0.29, 0.717) is 47.1 Å². The van der Waals surface area contributed by atoms with E-state index in [1.165, 1.54) is 12.7 Å². The lowest BCUT2D eigenvalue weighted by Crippen LogP contribution is -2.29. The summed E-state index contributed by atoms with van der Waals surface area (Å²) in [7, 11) is 1.35. The first kappa shape index (κ1) is 24.4. The van der Waals surface area contributed by atoms with Crippen molar-refractivity contribution in [3.63, 3.8) is 0 Å². The number of hydrogen-bond acceptors (Lipinski definition) is 6. The zero-order valence-corrected chi connectivity index (χ0v) is 21.4. The maximum Gasteiger partial charge on any atom is 0.336 e. The molecule has 0 fully saturated rings. The predicted octanol–water partition coefficient (Wildman–Crippen LogP) is 5.71. The average molecular weight is 496 g/mol. The molecule has 6 nitrogen and oxygen atoms in total. The van der Waals surface area contributed by atoms with Crippen LogP contribution in [0, 0.1) is 6.92 Å². The van der Waals surface area contributed by atoms with Crippen LogP contribution in [0.15, 0.2) is 83.6 Å². The molecule has 0 unspecified atom stereocenters. The van der Waals surface area contributed by atoms with Gasteiger partial charge in [-0.25, -0.2) is 4.79 Å². The second-order valence-electron chi connectivity index (χ2n) is 9.17. The fourth-order valence-corrected chi connectivity index (χ4v) is 4.98. The van der Waals surface area contributed by atoms with E-state index in [2.05, 4.69) is 5.32 Å².